The number of aryl methyl sites for hydroxylation is 1. The van der Waals surface area contributed by atoms with Crippen molar-refractivity contribution in [1.82, 2.24) is 0 Å². The largest absolute Gasteiger partial charge is 0.489 e. The normalized spacial score (nSPS) is 10.3. The fourth-order valence-electron chi connectivity index (χ4n) is 1.99. The Balaban J connectivity index is 2.03. The van der Waals surface area contributed by atoms with Gasteiger partial charge in [0, 0.05) is 17.3 Å². The van der Waals surface area contributed by atoms with Crippen molar-refractivity contribution in [3.63, 3.8) is 0 Å². The third-order valence-electron chi connectivity index (χ3n) is 3.24. The number of hydrogen-bond donors (Lipinski definition) is 1. The molecular formula is C17H19NO2. The van der Waals surface area contributed by atoms with Crippen molar-refractivity contribution in [1.29, 1.82) is 0 Å². The van der Waals surface area contributed by atoms with E-state index in [1.807, 2.05) is 0 Å². The average molecular weight is 269 g/mol. The molecule has 0 saturated heterocycles. The summed E-state index contributed by atoms with van der Waals surface area (Å²) in [5, 5.41) is 0. The predicted molar refractivity (Wildman–Crippen MR) is 81.0 cm³/mol. The molecule has 0 saturated carbocycles. The van der Waals surface area contributed by atoms with E-state index in [1.54, 1.807) is 18.2 Å². The van der Waals surface area contributed by atoms with Gasteiger partial charge in [0.05, 0.1) is 0 Å². The highest BCUT2D eigenvalue weighted by molar-refractivity contribution is 5.99. The molecule has 0 aliphatic rings. The summed E-state index contributed by atoms with van der Waals surface area (Å²) in [6.07, 6.45) is 1.03. The standard InChI is InChI=1S/C17H19NO2/c1-3-13-4-6-14(7-5-13)11-20-15-8-9-16(12(2)19)17(18)10-15/h4-10H,3,11,18H2,1-2H3. The van der Waals surface area contributed by atoms with Crippen molar-refractivity contribution in [2.75, 3.05) is 5.73 Å². The molecule has 0 aliphatic heterocycles. The molecule has 104 valence electrons. The number of ketones is 1. The van der Waals surface area contributed by atoms with Gasteiger partial charge in [-0.15, -0.1) is 0 Å². The number of benzene rings is 2. The molecule has 0 heterocycles. The Labute approximate surface area is 119 Å². The lowest BCUT2D eigenvalue weighted by molar-refractivity contribution is 0.101. The molecule has 0 atom stereocenters. The van der Waals surface area contributed by atoms with Crippen LogP contribution in [0, 0.1) is 0 Å². The second-order valence-corrected chi connectivity index (χ2v) is 4.76. The Hall–Kier alpha value is -2.29. The summed E-state index contributed by atoms with van der Waals surface area (Å²) < 4.78 is 5.69. The molecule has 0 fully saturated rings. The number of carbonyl (C=O) groups excluding carboxylic acids is 1. The van der Waals surface area contributed by atoms with E-state index in [-0.39, 0.29) is 5.78 Å². The molecule has 2 aromatic rings. The maximum Gasteiger partial charge on any atom is 0.161 e. The molecule has 20 heavy (non-hydrogen) atoms. The molecule has 0 radical (unpaired) electrons. The van der Waals surface area contributed by atoms with Crippen LogP contribution in [0.15, 0.2) is 42.5 Å². The Kier molecular flexibility index (Phi) is 4.41. The number of ether oxygens (including phenoxy) is 1. The number of anilines is 1. The summed E-state index contributed by atoms with van der Waals surface area (Å²) in [6, 6.07) is 13.5. The van der Waals surface area contributed by atoms with E-state index in [1.165, 1.54) is 12.5 Å². The van der Waals surface area contributed by atoms with Crippen molar-refractivity contribution in [2.45, 2.75) is 26.9 Å². The zero-order chi connectivity index (χ0) is 14.5. The summed E-state index contributed by atoms with van der Waals surface area (Å²) >= 11 is 0. The number of carbonyl (C=O) groups is 1. The van der Waals surface area contributed by atoms with Gasteiger partial charge in [-0.05, 0) is 36.6 Å². The lowest BCUT2D eigenvalue weighted by Gasteiger charge is -2.09. The lowest BCUT2D eigenvalue weighted by Crippen LogP contribution is -2.01. The van der Waals surface area contributed by atoms with E-state index >= 15 is 0 Å². The van der Waals surface area contributed by atoms with Crippen LogP contribution in [0.2, 0.25) is 0 Å². The zero-order valence-electron chi connectivity index (χ0n) is 11.8. The minimum absolute atomic E-state index is 0.0378. The molecule has 2 aromatic carbocycles. The molecule has 0 amide bonds. The molecule has 0 bridgehead atoms. The Morgan fingerprint density at radius 3 is 2.30 bits per heavy atom. The van der Waals surface area contributed by atoms with Crippen molar-refractivity contribution in [3.05, 3.63) is 59.2 Å². The monoisotopic (exact) mass is 269 g/mol. The molecule has 0 spiro atoms. The SMILES string of the molecule is CCc1ccc(COc2ccc(C(C)=O)c(N)c2)cc1. The van der Waals surface area contributed by atoms with Crippen LogP contribution in [0.1, 0.15) is 35.3 Å². The summed E-state index contributed by atoms with van der Waals surface area (Å²) in [5.41, 5.74) is 9.23. The van der Waals surface area contributed by atoms with E-state index < -0.39 is 0 Å². The Morgan fingerprint density at radius 1 is 1.10 bits per heavy atom. The quantitative estimate of drug-likeness (QED) is 0.666. The minimum atomic E-state index is -0.0378. The maximum atomic E-state index is 11.3. The first-order valence-corrected chi connectivity index (χ1v) is 6.71. The predicted octanol–water partition coefficient (Wildman–Crippen LogP) is 3.61. The van der Waals surface area contributed by atoms with Gasteiger partial charge in [-0.25, -0.2) is 0 Å². The van der Waals surface area contributed by atoms with E-state index in [4.69, 9.17) is 10.5 Å². The summed E-state index contributed by atoms with van der Waals surface area (Å²) in [4.78, 5) is 11.3. The van der Waals surface area contributed by atoms with Gasteiger partial charge >= 0.3 is 0 Å². The first kappa shape index (κ1) is 14.1. The van der Waals surface area contributed by atoms with Gasteiger partial charge in [-0.3, -0.25) is 4.79 Å². The number of nitrogens with two attached hydrogens (primary N) is 1. The number of Topliss-reactive ketones (excluding diaryl/α,β-unsaturated/α-hetero) is 1. The lowest BCUT2D eigenvalue weighted by atomic mass is 10.1. The van der Waals surface area contributed by atoms with Gasteiger partial charge < -0.3 is 10.5 Å². The van der Waals surface area contributed by atoms with Crippen molar-refractivity contribution in [3.8, 4) is 5.75 Å². The van der Waals surface area contributed by atoms with Crippen LogP contribution < -0.4 is 10.5 Å². The van der Waals surface area contributed by atoms with Gasteiger partial charge in [-0.1, -0.05) is 31.2 Å². The molecular weight excluding hydrogens is 250 g/mol. The molecule has 3 heteroatoms. The number of nitrogen functional groups attached to an aromatic ring is 1. The van der Waals surface area contributed by atoms with Crippen LogP contribution in [0.25, 0.3) is 0 Å². The molecule has 0 aliphatic carbocycles. The summed E-state index contributed by atoms with van der Waals surface area (Å²) in [7, 11) is 0. The number of hydrogen-bond acceptors (Lipinski definition) is 3. The zero-order valence-corrected chi connectivity index (χ0v) is 11.8. The second kappa shape index (κ2) is 6.24. The van der Waals surface area contributed by atoms with Crippen LogP contribution in [-0.4, -0.2) is 5.78 Å². The topological polar surface area (TPSA) is 52.3 Å². The smallest absolute Gasteiger partial charge is 0.161 e. The highest BCUT2D eigenvalue weighted by atomic mass is 16.5. The van der Waals surface area contributed by atoms with E-state index in [0.29, 0.717) is 23.6 Å². The molecule has 2 N–H and O–H groups in total. The van der Waals surface area contributed by atoms with Crippen LogP contribution in [0.3, 0.4) is 0 Å². The van der Waals surface area contributed by atoms with Crippen LogP contribution in [0.4, 0.5) is 5.69 Å². The summed E-state index contributed by atoms with van der Waals surface area (Å²) in [5.74, 6) is 0.635. The highest BCUT2D eigenvalue weighted by Gasteiger charge is 2.06. The number of rotatable bonds is 5. The molecule has 2 rings (SSSR count). The van der Waals surface area contributed by atoms with Gasteiger partial charge in [0.2, 0.25) is 0 Å². The van der Waals surface area contributed by atoms with Crippen LogP contribution in [0.5, 0.6) is 5.75 Å². The maximum absolute atomic E-state index is 11.3. The van der Waals surface area contributed by atoms with Crippen molar-refractivity contribution in [2.24, 2.45) is 0 Å². The van der Waals surface area contributed by atoms with Crippen molar-refractivity contribution >= 4 is 11.5 Å². The third-order valence-corrected chi connectivity index (χ3v) is 3.24. The summed E-state index contributed by atoms with van der Waals surface area (Å²) in [6.45, 7) is 4.12. The first-order chi connectivity index (χ1) is 9.60. The first-order valence-electron chi connectivity index (χ1n) is 6.71. The minimum Gasteiger partial charge on any atom is -0.489 e. The third kappa shape index (κ3) is 3.38. The Morgan fingerprint density at radius 2 is 1.75 bits per heavy atom. The second-order valence-electron chi connectivity index (χ2n) is 4.76. The van der Waals surface area contributed by atoms with E-state index in [2.05, 4.69) is 31.2 Å². The van der Waals surface area contributed by atoms with E-state index in [0.717, 1.165) is 12.0 Å². The fraction of sp³-hybridized carbons (Fsp3) is 0.235. The highest BCUT2D eigenvalue weighted by Crippen LogP contribution is 2.21. The average Bonchev–Trinajstić information content (AvgIpc) is 2.45. The van der Waals surface area contributed by atoms with Gasteiger partial charge in [0.25, 0.3) is 0 Å². The molecule has 0 aromatic heterocycles. The van der Waals surface area contributed by atoms with Gasteiger partial charge in [0.1, 0.15) is 12.4 Å². The molecule has 3 nitrogen and oxygen atoms in total. The molecule has 0 unspecified atom stereocenters. The fourth-order valence-corrected chi connectivity index (χ4v) is 1.99. The van der Waals surface area contributed by atoms with Crippen molar-refractivity contribution < 1.29 is 9.53 Å². The van der Waals surface area contributed by atoms with Crippen LogP contribution in [-0.2, 0) is 13.0 Å². The van der Waals surface area contributed by atoms with Crippen LogP contribution >= 0.6 is 0 Å². The van der Waals surface area contributed by atoms with Gasteiger partial charge in [-0.2, -0.15) is 0 Å². The van der Waals surface area contributed by atoms with E-state index in [9.17, 15) is 4.79 Å². The Bertz CT molecular complexity index is 603. The van der Waals surface area contributed by atoms with Gasteiger partial charge in [0.15, 0.2) is 5.78 Å².